The summed E-state index contributed by atoms with van der Waals surface area (Å²) in [6, 6.07) is 0. The summed E-state index contributed by atoms with van der Waals surface area (Å²) in [5, 5.41) is 3.02. The Labute approximate surface area is 76.1 Å². The lowest BCUT2D eigenvalue weighted by Crippen LogP contribution is -2.26. The van der Waals surface area contributed by atoms with Crippen molar-refractivity contribution in [1.29, 1.82) is 0 Å². The maximum Gasteiger partial charge on any atom is 0.219 e. The normalized spacial score (nSPS) is 8.42. The maximum absolute atomic E-state index is 10.6. The number of hydrogen-bond acceptors (Lipinski definition) is 2. The largest absolute Gasteiger partial charge is 0.346 e. The highest BCUT2D eigenvalue weighted by molar-refractivity contribution is 5.72. The predicted octanol–water partition coefficient (Wildman–Crippen LogP) is 1.10. The van der Waals surface area contributed by atoms with Crippen LogP contribution in [0.4, 0.5) is 0 Å². The Hall–Kier alpha value is -0.570. The van der Waals surface area contributed by atoms with E-state index in [1.165, 1.54) is 0 Å². The fraction of sp³-hybridized carbons (Fsp3) is 0.889. The van der Waals surface area contributed by atoms with Crippen LogP contribution in [0, 0.1) is 0 Å². The summed E-state index contributed by atoms with van der Waals surface area (Å²) in [6.07, 6.45) is 1.02. The van der Waals surface area contributed by atoms with Crippen molar-refractivity contribution in [3.8, 4) is 0 Å². The molecule has 0 spiro atoms. The summed E-state index contributed by atoms with van der Waals surface area (Å²) in [5.41, 5.74) is 0. The highest BCUT2D eigenvalue weighted by atomic mass is 16.2. The minimum absolute atomic E-state index is 0.135. The Morgan fingerprint density at radius 1 is 1.42 bits per heavy atom. The number of carbonyl (C=O) groups is 1. The van der Waals surface area contributed by atoms with Crippen LogP contribution in [-0.4, -0.2) is 38.0 Å². The van der Waals surface area contributed by atoms with E-state index in [0.717, 1.165) is 19.5 Å². The summed E-state index contributed by atoms with van der Waals surface area (Å²) in [7, 11) is 3.73. The smallest absolute Gasteiger partial charge is 0.219 e. The molecule has 0 bridgehead atoms. The van der Waals surface area contributed by atoms with E-state index < -0.39 is 0 Å². The van der Waals surface area contributed by atoms with Crippen LogP contribution in [0.25, 0.3) is 0 Å². The van der Waals surface area contributed by atoms with E-state index in [-0.39, 0.29) is 5.91 Å². The lowest BCUT2D eigenvalue weighted by Gasteiger charge is -2.13. The van der Waals surface area contributed by atoms with Gasteiger partial charge in [0, 0.05) is 20.5 Å². The topological polar surface area (TPSA) is 32.3 Å². The van der Waals surface area contributed by atoms with Crippen LogP contribution in [0.2, 0.25) is 0 Å². The van der Waals surface area contributed by atoms with Crippen molar-refractivity contribution in [3.63, 3.8) is 0 Å². The molecule has 0 atom stereocenters. The van der Waals surface area contributed by atoms with Crippen LogP contribution in [0.3, 0.4) is 0 Å². The summed E-state index contributed by atoms with van der Waals surface area (Å²) in [5.74, 6) is 0.135. The highest BCUT2D eigenvalue weighted by Gasteiger charge is 1.98. The molecule has 74 valence electrons. The zero-order valence-electron chi connectivity index (χ0n) is 8.98. The van der Waals surface area contributed by atoms with Crippen LogP contribution in [-0.2, 0) is 4.79 Å². The van der Waals surface area contributed by atoms with Crippen LogP contribution >= 0.6 is 0 Å². The number of nitrogens with zero attached hydrogens (tertiary/aromatic N) is 1. The minimum Gasteiger partial charge on any atom is -0.346 e. The Morgan fingerprint density at radius 2 is 1.92 bits per heavy atom. The number of carbonyl (C=O) groups excluding carboxylic acids is 1. The molecule has 0 aliphatic carbocycles. The van der Waals surface area contributed by atoms with Gasteiger partial charge in [-0.25, -0.2) is 0 Å². The van der Waals surface area contributed by atoms with Gasteiger partial charge in [-0.15, -0.1) is 0 Å². The Bertz CT molecular complexity index is 105. The van der Waals surface area contributed by atoms with Gasteiger partial charge in [-0.2, -0.15) is 0 Å². The first-order valence-corrected chi connectivity index (χ1v) is 4.54. The zero-order chi connectivity index (χ0) is 9.98. The quantitative estimate of drug-likeness (QED) is 0.647. The van der Waals surface area contributed by atoms with Gasteiger partial charge in [0.15, 0.2) is 0 Å². The van der Waals surface area contributed by atoms with Gasteiger partial charge in [0.1, 0.15) is 0 Å². The first kappa shape index (κ1) is 14.0. The second-order valence-electron chi connectivity index (χ2n) is 2.40. The van der Waals surface area contributed by atoms with Crippen molar-refractivity contribution in [1.82, 2.24) is 10.2 Å². The molecule has 0 saturated heterocycles. The summed E-state index contributed by atoms with van der Waals surface area (Å²) in [4.78, 5) is 12.4. The van der Waals surface area contributed by atoms with Gasteiger partial charge in [-0.05, 0) is 20.0 Å². The van der Waals surface area contributed by atoms with Crippen LogP contribution in [0.1, 0.15) is 27.2 Å². The van der Waals surface area contributed by atoms with Gasteiger partial charge in [-0.3, -0.25) is 4.79 Å². The fourth-order valence-electron chi connectivity index (χ4n) is 0.650. The lowest BCUT2D eigenvalue weighted by molar-refractivity contribution is -0.127. The summed E-state index contributed by atoms with van der Waals surface area (Å²) < 4.78 is 0. The Kier molecular flexibility index (Phi) is 12.2. The van der Waals surface area contributed by atoms with Crippen molar-refractivity contribution in [2.45, 2.75) is 27.2 Å². The highest BCUT2D eigenvalue weighted by Crippen LogP contribution is 1.85. The van der Waals surface area contributed by atoms with Crippen molar-refractivity contribution >= 4 is 5.91 Å². The third-order valence-electron chi connectivity index (χ3n) is 1.46. The molecule has 0 radical (unpaired) electrons. The van der Waals surface area contributed by atoms with E-state index in [0.29, 0.717) is 0 Å². The molecule has 12 heavy (non-hydrogen) atoms. The number of rotatable bonds is 4. The molecule has 0 fully saturated rings. The molecule has 0 rings (SSSR count). The van der Waals surface area contributed by atoms with Gasteiger partial charge >= 0.3 is 0 Å². The molecular weight excluding hydrogens is 152 g/mol. The van der Waals surface area contributed by atoms with Gasteiger partial charge in [0.2, 0.25) is 5.91 Å². The first-order chi connectivity index (χ1) is 5.68. The van der Waals surface area contributed by atoms with Crippen LogP contribution < -0.4 is 5.32 Å². The third kappa shape index (κ3) is 9.43. The maximum atomic E-state index is 10.6. The van der Waals surface area contributed by atoms with E-state index >= 15 is 0 Å². The lowest BCUT2D eigenvalue weighted by atomic mass is 10.4. The zero-order valence-corrected chi connectivity index (χ0v) is 8.98. The van der Waals surface area contributed by atoms with Crippen LogP contribution in [0.5, 0.6) is 0 Å². The molecule has 0 saturated carbocycles. The molecule has 3 nitrogen and oxygen atoms in total. The molecule has 0 unspecified atom stereocenters. The van der Waals surface area contributed by atoms with Gasteiger partial charge in [0.25, 0.3) is 0 Å². The fourth-order valence-corrected chi connectivity index (χ4v) is 0.650. The van der Waals surface area contributed by atoms with E-state index in [9.17, 15) is 4.79 Å². The van der Waals surface area contributed by atoms with E-state index in [4.69, 9.17) is 0 Å². The van der Waals surface area contributed by atoms with Crippen molar-refractivity contribution in [3.05, 3.63) is 0 Å². The van der Waals surface area contributed by atoms with Gasteiger partial charge < -0.3 is 10.2 Å². The number of amides is 1. The Balaban J connectivity index is 0. The van der Waals surface area contributed by atoms with E-state index in [1.807, 2.05) is 27.9 Å². The molecule has 1 N–H and O–H groups in total. The molecule has 3 heteroatoms. The molecule has 0 aliphatic rings. The van der Waals surface area contributed by atoms with Crippen molar-refractivity contribution in [2.24, 2.45) is 0 Å². The Morgan fingerprint density at radius 3 is 2.25 bits per heavy atom. The molecule has 0 heterocycles. The van der Waals surface area contributed by atoms with Crippen molar-refractivity contribution < 1.29 is 4.79 Å². The predicted molar refractivity (Wildman–Crippen MR) is 53.2 cm³/mol. The standard InChI is InChI=1S/C7H16N2O.C2H6/c1-7(10)9(3)6-4-5-8-2;1-2/h8H,4-6H2,1-3H3;1-2H3. The van der Waals surface area contributed by atoms with Crippen LogP contribution in [0.15, 0.2) is 0 Å². The second kappa shape index (κ2) is 10.4. The molecular formula is C9H22N2O. The molecule has 0 aromatic carbocycles. The minimum atomic E-state index is 0.135. The molecule has 0 aromatic heterocycles. The number of nitrogens with one attached hydrogen (secondary N) is 1. The van der Waals surface area contributed by atoms with Gasteiger partial charge in [0.05, 0.1) is 0 Å². The second-order valence-corrected chi connectivity index (χ2v) is 2.40. The van der Waals surface area contributed by atoms with E-state index in [2.05, 4.69) is 5.32 Å². The molecule has 0 aromatic rings. The van der Waals surface area contributed by atoms with Crippen molar-refractivity contribution in [2.75, 3.05) is 27.2 Å². The summed E-state index contributed by atoms with van der Waals surface area (Å²) in [6.45, 7) is 7.40. The monoisotopic (exact) mass is 174 g/mol. The number of hydrogen-bond donors (Lipinski definition) is 1. The average molecular weight is 174 g/mol. The molecule has 0 aliphatic heterocycles. The first-order valence-electron chi connectivity index (χ1n) is 4.54. The third-order valence-corrected chi connectivity index (χ3v) is 1.46. The van der Waals surface area contributed by atoms with E-state index in [1.54, 1.807) is 11.8 Å². The molecule has 1 amide bonds. The summed E-state index contributed by atoms with van der Waals surface area (Å²) >= 11 is 0. The SMILES string of the molecule is CC.CNCCCN(C)C(C)=O. The average Bonchev–Trinajstić information content (AvgIpc) is 2.08. The van der Waals surface area contributed by atoms with Gasteiger partial charge in [-0.1, -0.05) is 13.8 Å².